The fraction of sp³-hybridized carbons (Fsp3) is 0.150. The number of thiophene rings is 2. The quantitative estimate of drug-likeness (QED) is 0.353. The molecule has 1 aromatic carbocycles. The number of benzene rings is 1. The molecule has 0 saturated heterocycles. The standard InChI is InChI=1S/C20H17N3OS3/c1-13-4-6-14(7-5-13)16-10-26-19-18(16)20(23-12-22-19)27-11-17(24)21-9-15-3-2-8-25-15/h2-8,10,12H,9,11H2,1H3,(H,21,24). The van der Waals surface area contributed by atoms with E-state index in [9.17, 15) is 4.79 Å². The topological polar surface area (TPSA) is 54.9 Å². The van der Waals surface area contributed by atoms with Crippen molar-refractivity contribution in [3.05, 3.63) is 63.9 Å². The lowest BCUT2D eigenvalue weighted by molar-refractivity contribution is -0.118. The number of carbonyl (C=O) groups is 1. The van der Waals surface area contributed by atoms with E-state index in [1.807, 2.05) is 17.5 Å². The summed E-state index contributed by atoms with van der Waals surface area (Å²) >= 11 is 4.71. The lowest BCUT2D eigenvalue weighted by Crippen LogP contribution is -2.24. The third-order valence-electron chi connectivity index (χ3n) is 4.08. The lowest BCUT2D eigenvalue weighted by atomic mass is 10.1. The van der Waals surface area contributed by atoms with E-state index < -0.39 is 0 Å². The molecule has 7 heteroatoms. The fourth-order valence-corrected chi connectivity index (χ4v) is 5.15. The van der Waals surface area contributed by atoms with Gasteiger partial charge in [0.25, 0.3) is 0 Å². The van der Waals surface area contributed by atoms with Crippen molar-refractivity contribution in [3.8, 4) is 11.1 Å². The highest BCUT2D eigenvalue weighted by Gasteiger charge is 2.14. The van der Waals surface area contributed by atoms with Crippen molar-refractivity contribution in [2.24, 2.45) is 0 Å². The van der Waals surface area contributed by atoms with Crippen molar-refractivity contribution in [3.63, 3.8) is 0 Å². The van der Waals surface area contributed by atoms with Crippen molar-refractivity contribution in [1.29, 1.82) is 0 Å². The number of hydrogen-bond donors (Lipinski definition) is 1. The smallest absolute Gasteiger partial charge is 0.230 e. The van der Waals surface area contributed by atoms with Crippen LogP contribution in [0, 0.1) is 6.92 Å². The van der Waals surface area contributed by atoms with Crippen molar-refractivity contribution in [2.75, 3.05) is 5.75 Å². The Bertz CT molecular complexity index is 1060. The first-order valence-electron chi connectivity index (χ1n) is 8.42. The van der Waals surface area contributed by atoms with E-state index in [4.69, 9.17) is 0 Å². The van der Waals surface area contributed by atoms with Gasteiger partial charge in [0, 0.05) is 15.8 Å². The monoisotopic (exact) mass is 411 g/mol. The zero-order valence-electron chi connectivity index (χ0n) is 14.6. The van der Waals surface area contributed by atoms with E-state index >= 15 is 0 Å². The molecule has 4 nitrogen and oxygen atoms in total. The fourth-order valence-electron chi connectivity index (χ4n) is 2.69. The molecule has 0 spiro atoms. The molecule has 4 rings (SSSR count). The molecule has 0 aliphatic carbocycles. The van der Waals surface area contributed by atoms with Gasteiger partial charge in [0.2, 0.25) is 5.91 Å². The number of rotatable bonds is 6. The van der Waals surface area contributed by atoms with Crippen LogP contribution in [0.1, 0.15) is 10.4 Å². The summed E-state index contributed by atoms with van der Waals surface area (Å²) in [5.74, 6) is 0.341. The highest BCUT2D eigenvalue weighted by Crippen LogP contribution is 2.37. The Morgan fingerprint density at radius 3 is 2.78 bits per heavy atom. The first-order chi connectivity index (χ1) is 13.2. The van der Waals surface area contributed by atoms with Gasteiger partial charge in [0.1, 0.15) is 16.2 Å². The Hall–Kier alpha value is -2.22. The highest BCUT2D eigenvalue weighted by atomic mass is 32.2. The number of carbonyl (C=O) groups excluding carboxylic acids is 1. The molecule has 4 aromatic rings. The zero-order valence-corrected chi connectivity index (χ0v) is 17.1. The van der Waals surface area contributed by atoms with Crippen LogP contribution in [0.4, 0.5) is 0 Å². The van der Waals surface area contributed by atoms with Crippen molar-refractivity contribution in [1.82, 2.24) is 15.3 Å². The number of fused-ring (bicyclic) bond motifs is 1. The Balaban J connectivity index is 1.52. The van der Waals surface area contributed by atoms with Crippen LogP contribution in [-0.2, 0) is 11.3 Å². The zero-order chi connectivity index (χ0) is 18.6. The van der Waals surface area contributed by atoms with Crippen LogP contribution in [0.3, 0.4) is 0 Å². The summed E-state index contributed by atoms with van der Waals surface area (Å²) in [6.07, 6.45) is 1.57. The summed E-state index contributed by atoms with van der Waals surface area (Å²) in [6.45, 7) is 2.65. The van der Waals surface area contributed by atoms with Gasteiger partial charge in [0.15, 0.2) is 0 Å². The van der Waals surface area contributed by atoms with Crippen molar-refractivity contribution >= 4 is 50.6 Å². The van der Waals surface area contributed by atoms with Gasteiger partial charge in [-0.25, -0.2) is 9.97 Å². The van der Waals surface area contributed by atoms with Crippen LogP contribution in [0.25, 0.3) is 21.3 Å². The molecule has 1 amide bonds. The molecule has 0 atom stereocenters. The third-order valence-corrected chi connectivity index (χ3v) is 6.83. The molecule has 136 valence electrons. The summed E-state index contributed by atoms with van der Waals surface area (Å²) in [4.78, 5) is 23.1. The molecule has 0 saturated carbocycles. The Kier molecular flexibility index (Phi) is 5.52. The average molecular weight is 412 g/mol. The van der Waals surface area contributed by atoms with Gasteiger partial charge in [-0.3, -0.25) is 4.79 Å². The minimum atomic E-state index is 0.00674. The summed E-state index contributed by atoms with van der Waals surface area (Å²) in [6, 6.07) is 12.5. The van der Waals surface area contributed by atoms with Gasteiger partial charge in [-0.1, -0.05) is 47.7 Å². The van der Waals surface area contributed by atoms with E-state index in [1.54, 1.807) is 29.0 Å². The first-order valence-corrected chi connectivity index (χ1v) is 11.2. The van der Waals surface area contributed by atoms with Gasteiger partial charge < -0.3 is 5.32 Å². The Morgan fingerprint density at radius 1 is 1.15 bits per heavy atom. The summed E-state index contributed by atoms with van der Waals surface area (Å²) in [5, 5.41) is 8.97. The van der Waals surface area contributed by atoms with Crippen molar-refractivity contribution in [2.45, 2.75) is 18.5 Å². The lowest BCUT2D eigenvalue weighted by Gasteiger charge is -2.06. The first kappa shape index (κ1) is 18.2. The highest BCUT2D eigenvalue weighted by molar-refractivity contribution is 8.00. The second-order valence-electron chi connectivity index (χ2n) is 6.02. The Labute approximate surface area is 169 Å². The normalized spacial score (nSPS) is 11.0. The summed E-state index contributed by atoms with van der Waals surface area (Å²) < 4.78 is 0. The predicted octanol–water partition coefficient (Wildman–Crippen LogP) is 5.14. The largest absolute Gasteiger partial charge is 0.350 e. The van der Waals surface area contributed by atoms with Crippen molar-refractivity contribution < 1.29 is 4.79 Å². The number of nitrogens with one attached hydrogen (secondary N) is 1. The van der Waals surface area contributed by atoms with Gasteiger partial charge in [-0.2, -0.15) is 0 Å². The number of thioether (sulfide) groups is 1. The van der Waals surface area contributed by atoms with Gasteiger partial charge in [0.05, 0.1) is 17.7 Å². The number of aromatic nitrogens is 2. The molecule has 0 radical (unpaired) electrons. The van der Waals surface area contributed by atoms with Crippen LogP contribution < -0.4 is 5.32 Å². The maximum absolute atomic E-state index is 12.2. The molecule has 27 heavy (non-hydrogen) atoms. The van der Waals surface area contributed by atoms with E-state index in [-0.39, 0.29) is 5.91 Å². The predicted molar refractivity (Wildman–Crippen MR) is 114 cm³/mol. The van der Waals surface area contributed by atoms with Gasteiger partial charge in [-0.15, -0.1) is 22.7 Å². The van der Waals surface area contributed by atoms with Crippen LogP contribution in [0.2, 0.25) is 0 Å². The van der Waals surface area contributed by atoms with Gasteiger partial charge >= 0.3 is 0 Å². The Morgan fingerprint density at radius 2 is 2.00 bits per heavy atom. The summed E-state index contributed by atoms with van der Waals surface area (Å²) in [7, 11) is 0. The minimum Gasteiger partial charge on any atom is -0.350 e. The molecule has 0 unspecified atom stereocenters. The number of amides is 1. The SMILES string of the molecule is Cc1ccc(-c2csc3ncnc(SCC(=O)NCc4cccs4)c23)cc1. The second-order valence-corrected chi connectivity index (χ2v) is 8.87. The molecular weight excluding hydrogens is 394 g/mol. The van der Waals surface area contributed by atoms with Crippen LogP contribution in [0.5, 0.6) is 0 Å². The maximum atomic E-state index is 12.2. The number of nitrogens with zero attached hydrogens (tertiary/aromatic N) is 2. The van der Waals surface area contributed by atoms with Crippen LogP contribution in [0.15, 0.2) is 58.5 Å². The molecule has 1 N–H and O–H groups in total. The maximum Gasteiger partial charge on any atom is 0.230 e. The minimum absolute atomic E-state index is 0.00674. The second kappa shape index (κ2) is 8.21. The average Bonchev–Trinajstić information content (AvgIpc) is 3.35. The number of hydrogen-bond acceptors (Lipinski definition) is 6. The molecule has 3 heterocycles. The molecule has 0 aliphatic rings. The molecule has 0 aliphatic heterocycles. The van der Waals surface area contributed by atoms with E-state index in [1.165, 1.54) is 17.3 Å². The van der Waals surface area contributed by atoms with Gasteiger partial charge in [-0.05, 0) is 23.9 Å². The molecule has 3 aromatic heterocycles. The summed E-state index contributed by atoms with van der Waals surface area (Å²) in [5.41, 5.74) is 3.49. The molecular formula is C20H17N3OS3. The van der Waals surface area contributed by atoms with E-state index in [0.29, 0.717) is 12.3 Å². The van der Waals surface area contributed by atoms with E-state index in [2.05, 4.69) is 51.9 Å². The number of aryl methyl sites for hydroxylation is 1. The van der Waals surface area contributed by atoms with E-state index in [0.717, 1.165) is 31.2 Å². The van der Waals surface area contributed by atoms with Crippen LogP contribution >= 0.6 is 34.4 Å². The van der Waals surface area contributed by atoms with Crippen LogP contribution in [-0.4, -0.2) is 21.6 Å². The molecule has 0 fully saturated rings. The molecule has 0 bridgehead atoms. The third kappa shape index (κ3) is 4.21.